The van der Waals surface area contributed by atoms with Gasteiger partial charge in [-0.15, -0.1) is 0 Å². The van der Waals surface area contributed by atoms with Gasteiger partial charge < -0.3 is 11.1 Å². The van der Waals surface area contributed by atoms with Gasteiger partial charge >= 0.3 is 0 Å². The van der Waals surface area contributed by atoms with Crippen LogP contribution in [-0.2, 0) is 4.79 Å². The van der Waals surface area contributed by atoms with E-state index in [1.807, 2.05) is 19.1 Å². The summed E-state index contributed by atoms with van der Waals surface area (Å²) in [6.45, 7) is 6.84. The molecule has 0 aromatic carbocycles. The van der Waals surface area contributed by atoms with Crippen molar-refractivity contribution in [3.05, 3.63) is 23.9 Å². The third-order valence-corrected chi connectivity index (χ3v) is 3.01. The Balaban J connectivity index is 2.43. The van der Waals surface area contributed by atoms with Crippen LogP contribution < -0.4 is 11.1 Å². The van der Waals surface area contributed by atoms with Gasteiger partial charge in [-0.3, -0.25) is 4.79 Å². The number of nitrogens with one attached hydrogen (secondary N) is 1. The lowest BCUT2D eigenvalue weighted by atomic mass is 9.84. The van der Waals surface area contributed by atoms with Crippen molar-refractivity contribution in [1.29, 1.82) is 0 Å². The third-order valence-electron chi connectivity index (χ3n) is 3.01. The van der Waals surface area contributed by atoms with Crippen LogP contribution in [0.1, 0.15) is 38.8 Å². The molecule has 0 aliphatic heterocycles. The molecule has 1 aromatic rings. The summed E-state index contributed by atoms with van der Waals surface area (Å²) < 4.78 is 0. The van der Waals surface area contributed by atoms with Crippen molar-refractivity contribution in [2.24, 2.45) is 11.1 Å². The van der Waals surface area contributed by atoms with Crippen LogP contribution in [0.5, 0.6) is 0 Å². The summed E-state index contributed by atoms with van der Waals surface area (Å²) in [5, 5.41) is 2.82. The topological polar surface area (TPSA) is 68.0 Å². The number of hydrogen-bond acceptors (Lipinski definition) is 3. The first-order valence-corrected chi connectivity index (χ1v) is 6.36. The van der Waals surface area contributed by atoms with Crippen LogP contribution in [0, 0.1) is 12.3 Å². The van der Waals surface area contributed by atoms with Crippen LogP contribution in [0.4, 0.5) is 5.82 Å². The zero-order valence-electron chi connectivity index (χ0n) is 11.5. The second kappa shape index (κ2) is 6.50. The van der Waals surface area contributed by atoms with Crippen molar-refractivity contribution in [3.8, 4) is 0 Å². The molecule has 0 saturated heterocycles. The predicted octanol–water partition coefficient (Wildman–Crippen LogP) is 2.48. The van der Waals surface area contributed by atoms with Gasteiger partial charge in [-0.05, 0) is 43.9 Å². The molecule has 0 bridgehead atoms. The SMILES string of the molecule is Cc1cccc(NC(=O)CCC(C)(C)CCN)n1. The minimum absolute atomic E-state index is 0.0122. The summed E-state index contributed by atoms with van der Waals surface area (Å²) in [5.74, 6) is 0.634. The fourth-order valence-corrected chi connectivity index (χ4v) is 1.79. The maximum absolute atomic E-state index is 11.8. The van der Waals surface area contributed by atoms with Gasteiger partial charge in [-0.1, -0.05) is 19.9 Å². The molecular weight excluding hydrogens is 226 g/mol. The van der Waals surface area contributed by atoms with Crippen molar-refractivity contribution >= 4 is 11.7 Å². The second-order valence-electron chi connectivity index (χ2n) is 5.42. The highest BCUT2D eigenvalue weighted by atomic mass is 16.1. The Hall–Kier alpha value is -1.42. The molecule has 0 aliphatic carbocycles. The average Bonchev–Trinajstić information content (AvgIpc) is 2.26. The molecule has 18 heavy (non-hydrogen) atoms. The molecule has 0 radical (unpaired) electrons. The molecule has 1 amide bonds. The molecule has 1 heterocycles. The van der Waals surface area contributed by atoms with E-state index in [0.29, 0.717) is 18.8 Å². The van der Waals surface area contributed by atoms with E-state index < -0.39 is 0 Å². The summed E-state index contributed by atoms with van der Waals surface area (Å²) in [5.41, 5.74) is 6.57. The first-order valence-electron chi connectivity index (χ1n) is 6.36. The number of aromatic nitrogens is 1. The summed E-state index contributed by atoms with van der Waals surface area (Å²) in [4.78, 5) is 16.0. The van der Waals surface area contributed by atoms with Gasteiger partial charge in [-0.2, -0.15) is 0 Å². The minimum atomic E-state index is 0.0122. The maximum atomic E-state index is 11.8. The zero-order valence-corrected chi connectivity index (χ0v) is 11.5. The number of carbonyl (C=O) groups is 1. The van der Waals surface area contributed by atoms with E-state index in [2.05, 4.69) is 24.1 Å². The van der Waals surface area contributed by atoms with E-state index in [-0.39, 0.29) is 11.3 Å². The molecule has 1 rings (SSSR count). The lowest BCUT2D eigenvalue weighted by Crippen LogP contribution is -2.21. The van der Waals surface area contributed by atoms with Crippen LogP contribution in [0.15, 0.2) is 18.2 Å². The van der Waals surface area contributed by atoms with E-state index in [1.165, 1.54) is 0 Å². The van der Waals surface area contributed by atoms with Crippen molar-refractivity contribution in [1.82, 2.24) is 4.98 Å². The van der Waals surface area contributed by atoms with Crippen molar-refractivity contribution in [2.75, 3.05) is 11.9 Å². The first kappa shape index (κ1) is 14.6. The summed E-state index contributed by atoms with van der Waals surface area (Å²) >= 11 is 0. The highest BCUT2D eigenvalue weighted by molar-refractivity contribution is 5.89. The van der Waals surface area contributed by atoms with Gasteiger partial charge in [0.15, 0.2) is 0 Å². The molecule has 0 spiro atoms. The molecular formula is C14H23N3O. The fraction of sp³-hybridized carbons (Fsp3) is 0.571. The lowest BCUT2D eigenvalue weighted by molar-refractivity contribution is -0.116. The molecule has 0 unspecified atom stereocenters. The number of nitrogens with zero attached hydrogens (tertiary/aromatic N) is 1. The van der Waals surface area contributed by atoms with Crippen molar-refractivity contribution < 1.29 is 4.79 Å². The quantitative estimate of drug-likeness (QED) is 0.814. The summed E-state index contributed by atoms with van der Waals surface area (Å²) in [7, 11) is 0. The monoisotopic (exact) mass is 249 g/mol. The Bertz CT molecular complexity index is 402. The van der Waals surface area contributed by atoms with E-state index in [9.17, 15) is 4.79 Å². The Morgan fingerprint density at radius 2 is 2.11 bits per heavy atom. The van der Waals surface area contributed by atoms with Crippen molar-refractivity contribution in [2.45, 2.75) is 40.0 Å². The number of amides is 1. The minimum Gasteiger partial charge on any atom is -0.330 e. The smallest absolute Gasteiger partial charge is 0.225 e. The first-order chi connectivity index (χ1) is 8.43. The molecule has 4 nitrogen and oxygen atoms in total. The van der Waals surface area contributed by atoms with Gasteiger partial charge in [0.2, 0.25) is 5.91 Å². The fourth-order valence-electron chi connectivity index (χ4n) is 1.79. The average molecular weight is 249 g/mol. The third kappa shape index (κ3) is 5.27. The van der Waals surface area contributed by atoms with Gasteiger partial charge in [0.05, 0.1) is 0 Å². The number of hydrogen-bond donors (Lipinski definition) is 2. The normalized spacial score (nSPS) is 11.3. The van der Waals surface area contributed by atoms with Crippen LogP contribution in [0.3, 0.4) is 0 Å². The number of anilines is 1. The second-order valence-corrected chi connectivity index (χ2v) is 5.42. The molecule has 1 aromatic heterocycles. The molecule has 100 valence electrons. The Morgan fingerprint density at radius 1 is 1.39 bits per heavy atom. The van der Waals surface area contributed by atoms with Crippen molar-refractivity contribution in [3.63, 3.8) is 0 Å². The molecule has 0 saturated carbocycles. The Labute approximate surface area is 109 Å². The molecule has 0 aliphatic rings. The van der Waals surface area contributed by atoms with E-state index in [4.69, 9.17) is 5.73 Å². The van der Waals surface area contributed by atoms with Gasteiger partial charge in [0, 0.05) is 12.1 Å². The van der Waals surface area contributed by atoms with Crippen LogP contribution >= 0.6 is 0 Å². The molecule has 0 atom stereocenters. The Morgan fingerprint density at radius 3 is 2.72 bits per heavy atom. The number of nitrogens with two attached hydrogens (primary N) is 1. The summed E-state index contributed by atoms with van der Waals surface area (Å²) in [6.07, 6.45) is 2.27. The molecule has 4 heteroatoms. The number of pyridine rings is 1. The van der Waals surface area contributed by atoms with Crippen LogP contribution in [-0.4, -0.2) is 17.4 Å². The van der Waals surface area contributed by atoms with E-state index in [0.717, 1.165) is 18.5 Å². The zero-order chi connectivity index (χ0) is 13.6. The lowest BCUT2D eigenvalue weighted by Gasteiger charge is -2.23. The van der Waals surface area contributed by atoms with E-state index in [1.54, 1.807) is 6.07 Å². The van der Waals surface area contributed by atoms with Gasteiger partial charge in [-0.25, -0.2) is 4.98 Å². The largest absolute Gasteiger partial charge is 0.330 e. The number of carbonyl (C=O) groups excluding carboxylic acids is 1. The maximum Gasteiger partial charge on any atom is 0.225 e. The van der Waals surface area contributed by atoms with Gasteiger partial charge in [0.1, 0.15) is 5.82 Å². The highest BCUT2D eigenvalue weighted by Crippen LogP contribution is 2.25. The standard InChI is InChI=1S/C14H23N3O/c1-11-5-4-6-12(16-11)17-13(18)7-8-14(2,3)9-10-15/h4-6H,7-10,15H2,1-3H3,(H,16,17,18). The predicted molar refractivity (Wildman–Crippen MR) is 74.3 cm³/mol. The van der Waals surface area contributed by atoms with E-state index >= 15 is 0 Å². The van der Waals surface area contributed by atoms with Gasteiger partial charge in [0.25, 0.3) is 0 Å². The molecule has 3 N–H and O–H groups in total. The summed E-state index contributed by atoms with van der Waals surface area (Å²) in [6, 6.07) is 5.59. The van der Waals surface area contributed by atoms with Crippen LogP contribution in [0.25, 0.3) is 0 Å². The number of aryl methyl sites for hydroxylation is 1. The highest BCUT2D eigenvalue weighted by Gasteiger charge is 2.18. The van der Waals surface area contributed by atoms with Crippen LogP contribution in [0.2, 0.25) is 0 Å². The Kier molecular flexibility index (Phi) is 5.28. The number of rotatable bonds is 6. The molecule has 0 fully saturated rings.